The number of amides is 1. The fourth-order valence-electron chi connectivity index (χ4n) is 0.938. The van der Waals surface area contributed by atoms with Gasteiger partial charge in [0.1, 0.15) is 0 Å². The molecule has 13 heavy (non-hydrogen) atoms. The van der Waals surface area contributed by atoms with E-state index < -0.39 is 0 Å². The number of rotatable bonds is 5. The van der Waals surface area contributed by atoms with E-state index in [9.17, 15) is 4.79 Å². The van der Waals surface area contributed by atoms with Gasteiger partial charge in [0, 0.05) is 25.4 Å². The van der Waals surface area contributed by atoms with Crippen molar-refractivity contribution in [1.29, 1.82) is 0 Å². The minimum atomic E-state index is 0.140. The van der Waals surface area contributed by atoms with Crippen LogP contribution in [0.4, 0.5) is 0 Å². The number of hydrogen-bond donors (Lipinski definition) is 0. The third kappa shape index (κ3) is 5.14. The van der Waals surface area contributed by atoms with Gasteiger partial charge in [-0.05, 0) is 19.3 Å². The predicted octanol–water partition coefficient (Wildman–Crippen LogP) is 2.51. The molecule has 1 unspecified atom stereocenters. The summed E-state index contributed by atoms with van der Waals surface area (Å²) in [7, 11) is 1.82. The minimum Gasteiger partial charge on any atom is -0.342 e. The summed E-state index contributed by atoms with van der Waals surface area (Å²) in [6.45, 7) is 6.21. The molecule has 0 aromatic heterocycles. The van der Waals surface area contributed by atoms with Gasteiger partial charge in [0.05, 0.1) is 0 Å². The van der Waals surface area contributed by atoms with Crippen LogP contribution in [0.5, 0.6) is 0 Å². The van der Waals surface area contributed by atoms with Crippen LogP contribution in [0, 0.1) is 5.92 Å². The molecule has 0 aromatic carbocycles. The molecule has 0 N–H and O–H groups in total. The fourth-order valence-corrected chi connectivity index (χ4v) is 1.14. The monoisotopic (exact) mass is 205 g/mol. The molecule has 2 nitrogen and oxygen atoms in total. The van der Waals surface area contributed by atoms with Gasteiger partial charge in [0.15, 0.2) is 0 Å². The van der Waals surface area contributed by atoms with E-state index in [0.717, 1.165) is 6.42 Å². The summed E-state index contributed by atoms with van der Waals surface area (Å²) in [6.07, 6.45) is 1.59. The summed E-state index contributed by atoms with van der Waals surface area (Å²) in [5, 5.41) is 0. The molecule has 0 saturated heterocycles. The van der Waals surface area contributed by atoms with Gasteiger partial charge in [0.25, 0.3) is 0 Å². The Labute approximate surface area is 86.2 Å². The van der Waals surface area contributed by atoms with Crippen LogP contribution in [-0.2, 0) is 4.79 Å². The average molecular weight is 206 g/mol. The maximum absolute atomic E-state index is 11.5. The SMILES string of the molecule is CC(C)CCC(=O)N(C)C(C)CCl. The quantitative estimate of drug-likeness (QED) is 0.632. The Hall–Kier alpha value is -0.240. The molecule has 0 aliphatic carbocycles. The number of carbonyl (C=O) groups excluding carboxylic acids is 1. The molecular formula is C10H20ClNO. The summed E-state index contributed by atoms with van der Waals surface area (Å²) in [5.74, 6) is 1.29. The highest BCUT2D eigenvalue weighted by molar-refractivity contribution is 6.18. The largest absolute Gasteiger partial charge is 0.342 e. The number of alkyl halides is 1. The van der Waals surface area contributed by atoms with Crippen molar-refractivity contribution in [2.45, 2.75) is 39.7 Å². The van der Waals surface area contributed by atoms with Crippen molar-refractivity contribution in [3.8, 4) is 0 Å². The topological polar surface area (TPSA) is 20.3 Å². The van der Waals surface area contributed by atoms with Crippen molar-refractivity contribution in [2.75, 3.05) is 12.9 Å². The van der Waals surface area contributed by atoms with Crippen molar-refractivity contribution in [1.82, 2.24) is 4.90 Å². The van der Waals surface area contributed by atoms with Crippen molar-refractivity contribution in [3.63, 3.8) is 0 Å². The van der Waals surface area contributed by atoms with Crippen molar-refractivity contribution < 1.29 is 4.79 Å². The van der Waals surface area contributed by atoms with E-state index in [4.69, 9.17) is 11.6 Å². The van der Waals surface area contributed by atoms with Gasteiger partial charge in [-0.15, -0.1) is 11.6 Å². The highest BCUT2D eigenvalue weighted by Gasteiger charge is 2.14. The Balaban J connectivity index is 3.82. The van der Waals surface area contributed by atoms with Gasteiger partial charge in [-0.3, -0.25) is 4.79 Å². The number of hydrogen-bond acceptors (Lipinski definition) is 1. The lowest BCUT2D eigenvalue weighted by molar-refractivity contribution is -0.131. The summed E-state index contributed by atoms with van der Waals surface area (Å²) in [6, 6.07) is 0.140. The molecule has 3 heteroatoms. The minimum absolute atomic E-state index is 0.140. The van der Waals surface area contributed by atoms with E-state index in [0.29, 0.717) is 18.2 Å². The van der Waals surface area contributed by atoms with E-state index >= 15 is 0 Å². The standard InChI is InChI=1S/C10H20ClNO/c1-8(2)5-6-10(13)12(4)9(3)7-11/h8-9H,5-7H2,1-4H3. The third-order valence-electron chi connectivity index (χ3n) is 2.21. The first-order valence-electron chi connectivity index (χ1n) is 4.80. The first kappa shape index (κ1) is 12.8. The fraction of sp³-hybridized carbons (Fsp3) is 0.900. The third-order valence-corrected chi connectivity index (χ3v) is 2.66. The normalized spacial score (nSPS) is 13.1. The number of halogens is 1. The molecule has 78 valence electrons. The molecule has 0 aliphatic heterocycles. The van der Waals surface area contributed by atoms with Crippen LogP contribution in [0.15, 0.2) is 0 Å². The van der Waals surface area contributed by atoms with E-state index in [1.54, 1.807) is 4.90 Å². The van der Waals surface area contributed by atoms with Crippen LogP contribution in [0.3, 0.4) is 0 Å². The highest BCUT2D eigenvalue weighted by Crippen LogP contribution is 2.07. The summed E-state index contributed by atoms with van der Waals surface area (Å²) >= 11 is 5.66. The highest BCUT2D eigenvalue weighted by atomic mass is 35.5. The second-order valence-corrected chi connectivity index (χ2v) is 4.25. The van der Waals surface area contributed by atoms with Crippen LogP contribution in [0.1, 0.15) is 33.6 Å². The van der Waals surface area contributed by atoms with Crippen LogP contribution in [-0.4, -0.2) is 29.8 Å². The first-order chi connectivity index (χ1) is 5.99. The Morgan fingerprint density at radius 3 is 2.31 bits per heavy atom. The second kappa shape index (κ2) is 6.25. The molecule has 0 aliphatic rings. The Kier molecular flexibility index (Phi) is 6.13. The van der Waals surface area contributed by atoms with Gasteiger partial charge in [0.2, 0.25) is 5.91 Å². The lowest BCUT2D eigenvalue weighted by Gasteiger charge is -2.23. The second-order valence-electron chi connectivity index (χ2n) is 3.94. The summed E-state index contributed by atoms with van der Waals surface area (Å²) in [4.78, 5) is 13.2. The van der Waals surface area contributed by atoms with Crippen LogP contribution >= 0.6 is 11.6 Å². The Bertz CT molecular complexity index is 159. The molecule has 0 radical (unpaired) electrons. The molecule has 1 atom stereocenters. The lowest BCUT2D eigenvalue weighted by atomic mass is 10.1. The Morgan fingerprint density at radius 1 is 1.38 bits per heavy atom. The maximum Gasteiger partial charge on any atom is 0.222 e. The lowest BCUT2D eigenvalue weighted by Crippen LogP contribution is -2.36. The van der Waals surface area contributed by atoms with E-state index in [2.05, 4.69) is 13.8 Å². The molecule has 0 rings (SSSR count). The Morgan fingerprint density at radius 2 is 1.92 bits per heavy atom. The molecule has 0 fully saturated rings. The van der Waals surface area contributed by atoms with Crippen LogP contribution in [0.2, 0.25) is 0 Å². The van der Waals surface area contributed by atoms with Gasteiger partial charge >= 0.3 is 0 Å². The average Bonchev–Trinajstić information content (AvgIpc) is 2.11. The van der Waals surface area contributed by atoms with Gasteiger partial charge in [-0.25, -0.2) is 0 Å². The van der Waals surface area contributed by atoms with Crippen LogP contribution < -0.4 is 0 Å². The zero-order chi connectivity index (χ0) is 10.4. The smallest absolute Gasteiger partial charge is 0.222 e. The molecule has 0 saturated carbocycles. The molecule has 0 heterocycles. The first-order valence-corrected chi connectivity index (χ1v) is 5.34. The molecule has 0 spiro atoms. The molecule has 0 aromatic rings. The van der Waals surface area contributed by atoms with Gasteiger partial charge in [-0.1, -0.05) is 13.8 Å². The number of nitrogens with zero attached hydrogens (tertiary/aromatic N) is 1. The van der Waals surface area contributed by atoms with Crippen molar-refractivity contribution in [2.24, 2.45) is 5.92 Å². The van der Waals surface area contributed by atoms with Crippen molar-refractivity contribution >= 4 is 17.5 Å². The maximum atomic E-state index is 11.5. The van der Waals surface area contributed by atoms with Crippen molar-refractivity contribution in [3.05, 3.63) is 0 Å². The zero-order valence-corrected chi connectivity index (χ0v) is 9.77. The predicted molar refractivity (Wildman–Crippen MR) is 57.0 cm³/mol. The summed E-state index contributed by atoms with van der Waals surface area (Å²) in [5.41, 5.74) is 0. The zero-order valence-electron chi connectivity index (χ0n) is 9.01. The van der Waals surface area contributed by atoms with Gasteiger partial charge in [-0.2, -0.15) is 0 Å². The van der Waals surface area contributed by atoms with E-state index in [-0.39, 0.29) is 11.9 Å². The van der Waals surface area contributed by atoms with E-state index in [1.807, 2.05) is 14.0 Å². The molecular weight excluding hydrogens is 186 g/mol. The van der Waals surface area contributed by atoms with Gasteiger partial charge < -0.3 is 4.90 Å². The molecule has 0 bridgehead atoms. The summed E-state index contributed by atoms with van der Waals surface area (Å²) < 4.78 is 0. The number of carbonyl (C=O) groups is 1. The van der Waals surface area contributed by atoms with Crippen LogP contribution in [0.25, 0.3) is 0 Å². The van der Waals surface area contributed by atoms with E-state index in [1.165, 1.54) is 0 Å². The molecule has 1 amide bonds.